The van der Waals surface area contributed by atoms with Crippen LogP contribution in [0.25, 0.3) is 0 Å². The molecule has 1 spiro atoms. The van der Waals surface area contributed by atoms with Crippen LogP contribution in [-0.4, -0.2) is 46.8 Å². The van der Waals surface area contributed by atoms with Crippen LogP contribution in [0.4, 0.5) is 0 Å². The zero-order valence-electron chi connectivity index (χ0n) is 13.6. The molecule has 23 heavy (non-hydrogen) atoms. The molecule has 1 amide bonds. The number of carbonyl (C=O) groups is 1. The van der Waals surface area contributed by atoms with Gasteiger partial charge in [-0.1, -0.05) is 24.6 Å². The number of aliphatic hydroxyl groups is 1. The molecule has 1 unspecified atom stereocenters. The average Bonchev–Trinajstić information content (AvgIpc) is 2.55. The van der Waals surface area contributed by atoms with E-state index in [0.29, 0.717) is 43.1 Å². The number of benzene rings is 1. The first kappa shape index (κ1) is 16.7. The zero-order valence-corrected chi connectivity index (χ0v) is 14.3. The summed E-state index contributed by atoms with van der Waals surface area (Å²) in [6, 6.07) is 7.07. The molecule has 2 saturated heterocycles. The van der Waals surface area contributed by atoms with Gasteiger partial charge >= 0.3 is 0 Å². The molecule has 1 aromatic rings. The standard InChI is InChI=1S/C18H24ClNO3/c1-2-17(22)8-11-23-18(13-17)6-9-20(10-7-18)16(21)14-4-3-5-15(19)12-14/h3-5,12,22H,2,6-11,13H2,1H3. The van der Waals surface area contributed by atoms with Crippen LogP contribution in [0.1, 0.15) is 49.4 Å². The topological polar surface area (TPSA) is 49.8 Å². The van der Waals surface area contributed by atoms with Crippen molar-refractivity contribution in [2.45, 2.75) is 50.2 Å². The maximum atomic E-state index is 12.6. The molecule has 4 nitrogen and oxygen atoms in total. The van der Waals surface area contributed by atoms with Crippen LogP contribution < -0.4 is 0 Å². The Morgan fingerprint density at radius 2 is 2.09 bits per heavy atom. The van der Waals surface area contributed by atoms with Crippen molar-refractivity contribution in [3.8, 4) is 0 Å². The van der Waals surface area contributed by atoms with Crippen molar-refractivity contribution in [2.24, 2.45) is 0 Å². The Hall–Kier alpha value is -1.10. The van der Waals surface area contributed by atoms with Gasteiger partial charge in [-0.2, -0.15) is 0 Å². The molecule has 1 N–H and O–H groups in total. The van der Waals surface area contributed by atoms with E-state index in [9.17, 15) is 9.90 Å². The Morgan fingerprint density at radius 1 is 1.35 bits per heavy atom. The molecular weight excluding hydrogens is 314 g/mol. The lowest BCUT2D eigenvalue weighted by atomic mass is 9.76. The highest BCUT2D eigenvalue weighted by atomic mass is 35.5. The molecule has 2 heterocycles. The average molecular weight is 338 g/mol. The minimum atomic E-state index is -0.614. The fourth-order valence-corrected chi connectivity index (χ4v) is 3.93. The number of ether oxygens (including phenoxy) is 1. The number of likely N-dealkylation sites (tertiary alicyclic amines) is 1. The van der Waals surface area contributed by atoms with Crippen molar-refractivity contribution in [1.29, 1.82) is 0 Å². The van der Waals surface area contributed by atoms with Crippen LogP contribution in [0.15, 0.2) is 24.3 Å². The first-order chi connectivity index (χ1) is 11.0. The van der Waals surface area contributed by atoms with Crippen molar-refractivity contribution in [1.82, 2.24) is 4.90 Å². The first-order valence-corrected chi connectivity index (χ1v) is 8.74. The fourth-order valence-electron chi connectivity index (χ4n) is 3.74. The smallest absolute Gasteiger partial charge is 0.253 e. The van der Waals surface area contributed by atoms with Gasteiger partial charge in [0.05, 0.1) is 17.8 Å². The van der Waals surface area contributed by atoms with Crippen molar-refractivity contribution < 1.29 is 14.6 Å². The van der Waals surface area contributed by atoms with Crippen molar-refractivity contribution in [2.75, 3.05) is 19.7 Å². The summed E-state index contributed by atoms with van der Waals surface area (Å²) in [5.41, 5.74) is -0.256. The van der Waals surface area contributed by atoms with Gasteiger partial charge in [0.15, 0.2) is 0 Å². The quantitative estimate of drug-likeness (QED) is 0.901. The molecule has 0 radical (unpaired) electrons. The van der Waals surface area contributed by atoms with E-state index in [4.69, 9.17) is 16.3 Å². The Morgan fingerprint density at radius 3 is 2.74 bits per heavy atom. The van der Waals surface area contributed by atoms with E-state index in [-0.39, 0.29) is 11.5 Å². The molecule has 2 fully saturated rings. The number of carbonyl (C=O) groups excluding carboxylic acids is 1. The van der Waals surface area contributed by atoms with Gasteiger partial charge in [0, 0.05) is 30.1 Å². The predicted octanol–water partition coefficient (Wildman–Crippen LogP) is 3.27. The van der Waals surface area contributed by atoms with E-state index >= 15 is 0 Å². The number of hydrogen-bond donors (Lipinski definition) is 1. The second-order valence-corrected chi connectivity index (χ2v) is 7.28. The van der Waals surface area contributed by atoms with Gasteiger partial charge in [0.2, 0.25) is 0 Å². The fraction of sp³-hybridized carbons (Fsp3) is 0.611. The molecule has 0 aromatic heterocycles. The molecule has 0 saturated carbocycles. The second kappa shape index (κ2) is 6.42. The third-order valence-electron chi connectivity index (χ3n) is 5.32. The molecule has 5 heteroatoms. The molecule has 2 aliphatic rings. The lowest BCUT2D eigenvalue weighted by molar-refractivity contribution is -0.176. The third-order valence-corrected chi connectivity index (χ3v) is 5.55. The van der Waals surface area contributed by atoms with Crippen LogP contribution in [0.3, 0.4) is 0 Å². The van der Waals surface area contributed by atoms with Gasteiger partial charge in [-0.15, -0.1) is 0 Å². The summed E-state index contributed by atoms with van der Waals surface area (Å²) in [7, 11) is 0. The molecule has 126 valence electrons. The summed E-state index contributed by atoms with van der Waals surface area (Å²) in [6.45, 7) is 3.94. The van der Waals surface area contributed by atoms with Crippen molar-refractivity contribution >= 4 is 17.5 Å². The summed E-state index contributed by atoms with van der Waals surface area (Å²) in [5.74, 6) is 0.0175. The zero-order chi connectivity index (χ0) is 16.5. The summed E-state index contributed by atoms with van der Waals surface area (Å²) in [6.07, 6.45) is 3.69. The lowest BCUT2D eigenvalue weighted by Crippen LogP contribution is -2.55. The predicted molar refractivity (Wildman–Crippen MR) is 89.7 cm³/mol. The van der Waals surface area contributed by atoms with Crippen molar-refractivity contribution in [3.63, 3.8) is 0 Å². The monoisotopic (exact) mass is 337 g/mol. The van der Waals surface area contributed by atoms with Gasteiger partial charge in [0.1, 0.15) is 0 Å². The highest BCUT2D eigenvalue weighted by Gasteiger charge is 2.46. The number of amides is 1. The van der Waals surface area contributed by atoms with E-state index < -0.39 is 5.60 Å². The van der Waals surface area contributed by atoms with Gasteiger partial charge in [-0.3, -0.25) is 4.79 Å². The Balaban J connectivity index is 1.65. The first-order valence-electron chi connectivity index (χ1n) is 8.37. The molecule has 0 bridgehead atoms. The maximum Gasteiger partial charge on any atom is 0.253 e. The van der Waals surface area contributed by atoms with Crippen LogP contribution in [0, 0.1) is 0 Å². The van der Waals surface area contributed by atoms with Gasteiger partial charge in [0.25, 0.3) is 5.91 Å². The summed E-state index contributed by atoms with van der Waals surface area (Å²) in [5, 5.41) is 11.2. The number of hydrogen-bond acceptors (Lipinski definition) is 3. The minimum Gasteiger partial charge on any atom is -0.390 e. The molecular formula is C18H24ClNO3. The normalized spacial score (nSPS) is 27.2. The van der Waals surface area contributed by atoms with E-state index in [1.54, 1.807) is 24.3 Å². The van der Waals surface area contributed by atoms with E-state index in [0.717, 1.165) is 19.3 Å². The number of piperidine rings is 1. The van der Waals surface area contributed by atoms with Crippen LogP contribution >= 0.6 is 11.6 Å². The van der Waals surface area contributed by atoms with Crippen LogP contribution in [-0.2, 0) is 4.74 Å². The molecule has 1 aromatic carbocycles. The Bertz CT molecular complexity index is 583. The molecule has 2 aliphatic heterocycles. The second-order valence-electron chi connectivity index (χ2n) is 6.84. The Kier molecular flexibility index (Phi) is 4.68. The molecule has 3 rings (SSSR count). The van der Waals surface area contributed by atoms with Gasteiger partial charge in [-0.25, -0.2) is 0 Å². The van der Waals surface area contributed by atoms with Crippen LogP contribution in [0.2, 0.25) is 5.02 Å². The van der Waals surface area contributed by atoms with E-state index in [1.807, 2.05) is 11.8 Å². The molecule has 0 aliphatic carbocycles. The van der Waals surface area contributed by atoms with Crippen LogP contribution in [0.5, 0.6) is 0 Å². The highest BCUT2D eigenvalue weighted by Crippen LogP contribution is 2.41. The van der Waals surface area contributed by atoms with Crippen molar-refractivity contribution in [3.05, 3.63) is 34.9 Å². The summed E-state index contributed by atoms with van der Waals surface area (Å²) >= 11 is 5.97. The summed E-state index contributed by atoms with van der Waals surface area (Å²) in [4.78, 5) is 14.4. The Labute approximate surface area is 142 Å². The number of rotatable bonds is 2. The van der Waals surface area contributed by atoms with E-state index in [2.05, 4.69) is 0 Å². The highest BCUT2D eigenvalue weighted by molar-refractivity contribution is 6.30. The largest absolute Gasteiger partial charge is 0.390 e. The number of nitrogens with zero attached hydrogens (tertiary/aromatic N) is 1. The minimum absolute atomic E-state index is 0.0175. The third kappa shape index (κ3) is 3.54. The summed E-state index contributed by atoms with van der Waals surface area (Å²) < 4.78 is 6.04. The lowest BCUT2D eigenvalue weighted by Gasteiger charge is -2.49. The number of halogens is 1. The molecule has 1 atom stereocenters. The van der Waals surface area contributed by atoms with E-state index in [1.165, 1.54) is 0 Å². The SMILES string of the molecule is CCC1(O)CCOC2(CCN(C(=O)c3cccc(Cl)c3)CC2)C1. The maximum absolute atomic E-state index is 12.6. The van der Waals surface area contributed by atoms with Gasteiger partial charge < -0.3 is 14.7 Å². The van der Waals surface area contributed by atoms with Gasteiger partial charge in [-0.05, 0) is 43.9 Å².